The summed E-state index contributed by atoms with van der Waals surface area (Å²) in [5.74, 6) is -1.55. The number of oxazole rings is 1. The van der Waals surface area contributed by atoms with Crippen molar-refractivity contribution in [1.29, 1.82) is 0 Å². The second kappa shape index (κ2) is 6.95. The molecule has 28 heavy (non-hydrogen) atoms. The third-order valence-corrected chi connectivity index (χ3v) is 4.22. The lowest BCUT2D eigenvalue weighted by molar-refractivity contribution is 0.0687. The molecule has 3 heterocycles. The molecule has 0 saturated heterocycles. The van der Waals surface area contributed by atoms with Crippen LogP contribution in [0.2, 0.25) is 0 Å². The van der Waals surface area contributed by atoms with Crippen LogP contribution in [0.15, 0.2) is 53.4 Å². The second-order valence-electron chi connectivity index (χ2n) is 6.04. The Kier molecular flexibility index (Phi) is 4.32. The van der Waals surface area contributed by atoms with E-state index in [1.807, 2.05) is 37.3 Å². The number of carboxylic acid groups (broad SMARTS) is 1. The van der Waals surface area contributed by atoms with Crippen molar-refractivity contribution in [1.82, 2.24) is 25.1 Å². The molecular formula is C19H15N5O4. The predicted octanol–water partition coefficient (Wildman–Crippen LogP) is 2.35. The average Bonchev–Trinajstić information content (AvgIpc) is 3.31. The van der Waals surface area contributed by atoms with E-state index in [1.54, 1.807) is 10.7 Å². The molecule has 0 saturated carbocycles. The first kappa shape index (κ1) is 17.4. The first-order valence-electron chi connectivity index (χ1n) is 8.39. The Morgan fingerprint density at radius 3 is 2.75 bits per heavy atom. The van der Waals surface area contributed by atoms with Gasteiger partial charge in [-0.25, -0.2) is 19.4 Å². The summed E-state index contributed by atoms with van der Waals surface area (Å²) in [6, 6.07) is 11.3. The van der Waals surface area contributed by atoms with Crippen LogP contribution in [-0.4, -0.2) is 36.7 Å². The van der Waals surface area contributed by atoms with E-state index in [9.17, 15) is 9.59 Å². The summed E-state index contributed by atoms with van der Waals surface area (Å²) >= 11 is 0. The van der Waals surface area contributed by atoms with Gasteiger partial charge < -0.3 is 14.8 Å². The summed E-state index contributed by atoms with van der Waals surface area (Å²) in [5, 5.41) is 16.9. The molecule has 0 unspecified atom stereocenters. The van der Waals surface area contributed by atoms with Crippen molar-refractivity contribution in [3.63, 3.8) is 0 Å². The summed E-state index contributed by atoms with van der Waals surface area (Å²) in [6.07, 6.45) is 2.48. The number of aromatic carboxylic acids is 1. The molecule has 1 amide bonds. The largest absolute Gasteiger partial charge is 0.476 e. The Hall–Kier alpha value is -4.01. The molecule has 0 atom stereocenters. The summed E-state index contributed by atoms with van der Waals surface area (Å²) in [4.78, 5) is 31.5. The molecule has 140 valence electrons. The Labute approximate surface area is 158 Å². The normalized spacial score (nSPS) is 10.9. The van der Waals surface area contributed by atoms with Gasteiger partial charge >= 0.3 is 5.97 Å². The average molecular weight is 377 g/mol. The van der Waals surface area contributed by atoms with Crippen molar-refractivity contribution < 1.29 is 19.1 Å². The number of carbonyl (C=O) groups excluding carboxylic acids is 1. The van der Waals surface area contributed by atoms with Gasteiger partial charge in [0.05, 0.1) is 23.5 Å². The number of aromatic nitrogens is 4. The van der Waals surface area contributed by atoms with Gasteiger partial charge in [0.1, 0.15) is 0 Å². The fraction of sp³-hybridized carbons (Fsp3) is 0.105. The van der Waals surface area contributed by atoms with Crippen molar-refractivity contribution in [2.45, 2.75) is 13.5 Å². The smallest absolute Gasteiger partial charge is 0.358 e. The summed E-state index contributed by atoms with van der Waals surface area (Å²) in [7, 11) is 0. The fourth-order valence-electron chi connectivity index (χ4n) is 2.85. The molecule has 0 aliphatic carbocycles. The molecule has 9 nitrogen and oxygen atoms in total. The highest BCUT2D eigenvalue weighted by Crippen LogP contribution is 2.21. The van der Waals surface area contributed by atoms with Crippen LogP contribution in [0.5, 0.6) is 0 Å². The van der Waals surface area contributed by atoms with Gasteiger partial charge in [-0.05, 0) is 25.1 Å². The van der Waals surface area contributed by atoms with E-state index in [4.69, 9.17) is 9.52 Å². The number of pyridine rings is 1. The lowest BCUT2D eigenvalue weighted by Crippen LogP contribution is -2.23. The molecular weight excluding hydrogens is 362 g/mol. The zero-order valence-electron chi connectivity index (χ0n) is 14.8. The number of rotatable bonds is 5. The van der Waals surface area contributed by atoms with E-state index in [2.05, 4.69) is 20.4 Å². The maximum Gasteiger partial charge on any atom is 0.358 e. The van der Waals surface area contributed by atoms with Crippen LogP contribution in [0, 0.1) is 6.92 Å². The van der Waals surface area contributed by atoms with Crippen LogP contribution in [0.3, 0.4) is 0 Å². The standard InChI is InChI=1S/C19H15N5O4/c1-11-14-7-12(18(25)21-9-15-16(19(26)27)22-10-28-15)8-20-17(14)24(23-11)13-5-3-2-4-6-13/h2-8,10H,9H2,1H3,(H,21,25)(H,26,27). The third kappa shape index (κ3) is 3.09. The summed E-state index contributed by atoms with van der Waals surface area (Å²) < 4.78 is 6.74. The van der Waals surface area contributed by atoms with E-state index in [0.29, 0.717) is 11.2 Å². The van der Waals surface area contributed by atoms with Gasteiger partial charge in [-0.3, -0.25) is 4.79 Å². The van der Waals surface area contributed by atoms with Crippen molar-refractivity contribution in [2.24, 2.45) is 0 Å². The monoisotopic (exact) mass is 377 g/mol. The van der Waals surface area contributed by atoms with Gasteiger partial charge in [-0.1, -0.05) is 18.2 Å². The van der Waals surface area contributed by atoms with Gasteiger partial charge in [-0.2, -0.15) is 5.10 Å². The van der Waals surface area contributed by atoms with Crippen LogP contribution >= 0.6 is 0 Å². The Morgan fingerprint density at radius 1 is 1.21 bits per heavy atom. The Morgan fingerprint density at radius 2 is 2.00 bits per heavy atom. The molecule has 0 radical (unpaired) electrons. The Bertz CT molecular complexity index is 1180. The molecule has 9 heteroatoms. The number of amides is 1. The van der Waals surface area contributed by atoms with Gasteiger partial charge in [0, 0.05) is 11.6 Å². The third-order valence-electron chi connectivity index (χ3n) is 4.22. The van der Waals surface area contributed by atoms with Crippen LogP contribution < -0.4 is 5.32 Å². The number of para-hydroxylation sites is 1. The fourth-order valence-corrected chi connectivity index (χ4v) is 2.85. The lowest BCUT2D eigenvalue weighted by atomic mass is 10.2. The maximum absolute atomic E-state index is 12.5. The lowest BCUT2D eigenvalue weighted by Gasteiger charge is -2.05. The van der Waals surface area contributed by atoms with Crippen LogP contribution in [0.25, 0.3) is 16.7 Å². The second-order valence-corrected chi connectivity index (χ2v) is 6.04. The first-order valence-corrected chi connectivity index (χ1v) is 8.39. The minimum absolute atomic E-state index is 0.0722. The maximum atomic E-state index is 12.5. The van der Waals surface area contributed by atoms with Crippen LogP contribution in [0.4, 0.5) is 0 Å². The number of hydrogen-bond acceptors (Lipinski definition) is 6. The predicted molar refractivity (Wildman–Crippen MR) is 98.2 cm³/mol. The van der Waals surface area contributed by atoms with Gasteiger partial charge in [0.15, 0.2) is 23.5 Å². The molecule has 4 rings (SSSR count). The van der Waals surface area contributed by atoms with Crippen molar-refractivity contribution in [2.75, 3.05) is 0 Å². The molecule has 0 bridgehead atoms. The molecule has 1 aromatic carbocycles. The Balaban J connectivity index is 1.59. The van der Waals surface area contributed by atoms with Crippen molar-refractivity contribution in [3.05, 3.63) is 71.7 Å². The number of carbonyl (C=O) groups is 2. The number of fused-ring (bicyclic) bond motifs is 1. The van der Waals surface area contributed by atoms with Crippen LogP contribution in [-0.2, 0) is 6.54 Å². The SMILES string of the molecule is Cc1nn(-c2ccccc2)c2ncc(C(=O)NCc3ocnc3C(=O)O)cc12. The number of hydrogen-bond donors (Lipinski definition) is 2. The van der Waals surface area contributed by atoms with Crippen molar-refractivity contribution in [3.8, 4) is 5.69 Å². The highest BCUT2D eigenvalue weighted by atomic mass is 16.4. The first-order chi connectivity index (χ1) is 13.5. The van der Waals surface area contributed by atoms with E-state index in [1.165, 1.54) is 6.20 Å². The van der Waals surface area contributed by atoms with Gasteiger partial charge in [0.25, 0.3) is 5.91 Å². The zero-order valence-corrected chi connectivity index (χ0v) is 14.8. The zero-order chi connectivity index (χ0) is 19.7. The molecule has 0 fully saturated rings. The molecule has 4 aromatic rings. The summed E-state index contributed by atoms with van der Waals surface area (Å²) in [5.41, 5.74) is 2.36. The molecule has 0 spiro atoms. The molecule has 0 aliphatic heterocycles. The van der Waals surface area contributed by atoms with E-state index >= 15 is 0 Å². The summed E-state index contributed by atoms with van der Waals surface area (Å²) in [6.45, 7) is 1.75. The van der Waals surface area contributed by atoms with Gasteiger partial charge in [-0.15, -0.1) is 0 Å². The molecule has 3 aromatic heterocycles. The van der Waals surface area contributed by atoms with Crippen LogP contribution in [0.1, 0.15) is 32.3 Å². The minimum atomic E-state index is -1.22. The number of nitrogens with zero attached hydrogens (tertiary/aromatic N) is 4. The number of carboxylic acids is 1. The van der Waals surface area contributed by atoms with E-state index in [0.717, 1.165) is 23.2 Å². The van der Waals surface area contributed by atoms with Crippen molar-refractivity contribution >= 4 is 22.9 Å². The number of nitrogens with one attached hydrogen (secondary N) is 1. The molecule has 2 N–H and O–H groups in total. The van der Waals surface area contributed by atoms with E-state index in [-0.39, 0.29) is 18.0 Å². The topological polar surface area (TPSA) is 123 Å². The highest BCUT2D eigenvalue weighted by Gasteiger charge is 2.18. The highest BCUT2D eigenvalue weighted by molar-refractivity contribution is 5.97. The quantitative estimate of drug-likeness (QED) is 0.547. The van der Waals surface area contributed by atoms with E-state index < -0.39 is 11.9 Å². The van der Waals surface area contributed by atoms with Gasteiger partial charge in [0.2, 0.25) is 0 Å². The number of aryl methyl sites for hydroxylation is 1. The number of benzene rings is 1. The minimum Gasteiger partial charge on any atom is -0.476 e. The molecule has 0 aliphatic rings.